The lowest BCUT2D eigenvalue weighted by Crippen LogP contribution is -1.76. The van der Waals surface area contributed by atoms with Crippen LogP contribution in [0.2, 0.25) is 0 Å². The topological polar surface area (TPSA) is 0 Å². The van der Waals surface area contributed by atoms with Gasteiger partial charge in [0.05, 0.1) is 0 Å². The van der Waals surface area contributed by atoms with Crippen LogP contribution in [-0.4, -0.2) is 0 Å². The van der Waals surface area contributed by atoms with E-state index in [1.165, 1.54) is 38.5 Å². The highest BCUT2D eigenvalue weighted by Crippen LogP contribution is 2.06. The Morgan fingerprint density at radius 2 is 1.36 bits per heavy atom. The first kappa shape index (κ1) is 13.5. The molecule has 0 aliphatic rings. The maximum atomic E-state index is 3.80. The Balaban J connectivity index is 2.98. The lowest BCUT2D eigenvalue weighted by molar-refractivity contribution is 0.651. The summed E-state index contributed by atoms with van der Waals surface area (Å²) < 4.78 is 0. The van der Waals surface area contributed by atoms with Gasteiger partial charge in [-0.3, -0.25) is 0 Å². The van der Waals surface area contributed by atoms with Crippen LogP contribution in [0.3, 0.4) is 0 Å². The second-order valence-corrected chi connectivity index (χ2v) is 3.67. The van der Waals surface area contributed by atoms with Crippen molar-refractivity contribution in [3.8, 4) is 0 Å². The summed E-state index contributed by atoms with van der Waals surface area (Å²) in [4.78, 5) is 0. The number of unbranched alkanes of at least 4 members (excludes halogenated alkanes) is 6. The van der Waals surface area contributed by atoms with Gasteiger partial charge in [-0.25, -0.2) is 0 Å². The third-order valence-electron chi connectivity index (χ3n) is 2.26. The summed E-state index contributed by atoms with van der Waals surface area (Å²) in [6, 6.07) is 0. The van der Waals surface area contributed by atoms with E-state index in [1.54, 1.807) is 0 Å². The van der Waals surface area contributed by atoms with Gasteiger partial charge in [0.2, 0.25) is 0 Å². The number of allylic oxidation sites excluding steroid dienone is 4. The lowest BCUT2D eigenvalue weighted by Gasteiger charge is -1.96. The molecule has 0 aliphatic heterocycles. The number of hydrogen-bond donors (Lipinski definition) is 0. The van der Waals surface area contributed by atoms with Gasteiger partial charge in [0.25, 0.3) is 0 Å². The Morgan fingerprint density at radius 3 is 1.93 bits per heavy atom. The van der Waals surface area contributed by atoms with Gasteiger partial charge in [0, 0.05) is 0 Å². The molecule has 0 saturated heterocycles. The van der Waals surface area contributed by atoms with Gasteiger partial charge in [0.15, 0.2) is 0 Å². The van der Waals surface area contributed by atoms with Crippen molar-refractivity contribution in [2.75, 3.05) is 0 Å². The quantitative estimate of drug-likeness (QED) is 0.354. The number of rotatable bonds is 9. The van der Waals surface area contributed by atoms with Crippen LogP contribution in [0, 0.1) is 6.92 Å². The van der Waals surface area contributed by atoms with Crippen LogP contribution in [0.5, 0.6) is 0 Å². The first-order chi connectivity index (χ1) is 6.91. The Bertz CT molecular complexity index is 142. The third-order valence-corrected chi connectivity index (χ3v) is 2.26. The molecule has 0 atom stereocenters. The van der Waals surface area contributed by atoms with Gasteiger partial charge in [-0.2, -0.15) is 0 Å². The molecule has 0 heteroatoms. The summed E-state index contributed by atoms with van der Waals surface area (Å²) in [6.45, 7) is 5.89. The molecule has 0 rings (SSSR count). The zero-order valence-corrected chi connectivity index (χ0v) is 9.67. The van der Waals surface area contributed by atoms with E-state index in [4.69, 9.17) is 0 Å². The molecular weight excluding hydrogens is 168 g/mol. The third kappa shape index (κ3) is 11.5. The Labute approximate surface area is 90.1 Å². The van der Waals surface area contributed by atoms with E-state index in [0.717, 1.165) is 12.8 Å². The standard InChI is InChI=1S/C14H25/c1-3-5-7-9-11-13-14-12-10-8-6-4-2/h4,6-7,9H,1,3,5,8,10-14H2,2H3. The highest BCUT2D eigenvalue weighted by atomic mass is 13.9. The summed E-state index contributed by atoms with van der Waals surface area (Å²) in [5.74, 6) is 0. The predicted molar refractivity (Wildman–Crippen MR) is 66.2 cm³/mol. The highest BCUT2D eigenvalue weighted by Gasteiger charge is 1.86. The van der Waals surface area contributed by atoms with E-state index in [-0.39, 0.29) is 0 Å². The average Bonchev–Trinajstić information content (AvgIpc) is 2.21. The molecule has 81 valence electrons. The fraction of sp³-hybridized carbons (Fsp3) is 0.643. The van der Waals surface area contributed by atoms with E-state index in [9.17, 15) is 0 Å². The molecule has 0 bridgehead atoms. The molecule has 0 amide bonds. The summed E-state index contributed by atoms with van der Waals surface area (Å²) in [5.41, 5.74) is 0. The largest absolute Gasteiger partial charge is 0.0917 e. The monoisotopic (exact) mass is 193 g/mol. The van der Waals surface area contributed by atoms with E-state index in [1.807, 2.05) is 0 Å². The van der Waals surface area contributed by atoms with Crippen LogP contribution in [-0.2, 0) is 0 Å². The normalized spacial score (nSPS) is 11.9. The van der Waals surface area contributed by atoms with Crippen LogP contribution in [0.15, 0.2) is 24.3 Å². The minimum absolute atomic E-state index is 1.03. The second kappa shape index (κ2) is 12.5. The van der Waals surface area contributed by atoms with Gasteiger partial charge in [-0.15, -0.1) is 0 Å². The molecule has 0 aromatic heterocycles. The minimum Gasteiger partial charge on any atom is -0.0917 e. The van der Waals surface area contributed by atoms with E-state index < -0.39 is 0 Å². The molecule has 1 radical (unpaired) electrons. The van der Waals surface area contributed by atoms with E-state index >= 15 is 0 Å². The predicted octanol–water partition coefficient (Wildman–Crippen LogP) is 5.07. The average molecular weight is 193 g/mol. The first-order valence-corrected chi connectivity index (χ1v) is 5.97. The molecule has 0 heterocycles. The Hall–Kier alpha value is -0.520. The zero-order valence-electron chi connectivity index (χ0n) is 9.67. The zero-order chi connectivity index (χ0) is 10.5. The minimum atomic E-state index is 1.03. The fourth-order valence-corrected chi connectivity index (χ4v) is 1.40. The van der Waals surface area contributed by atoms with Crippen LogP contribution < -0.4 is 0 Å². The maximum Gasteiger partial charge on any atom is -0.0351 e. The summed E-state index contributed by atoms with van der Waals surface area (Å²) >= 11 is 0. The highest BCUT2D eigenvalue weighted by molar-refractivity contribution is 4.81. The number of hydrogen-bond acceptors (Lipinski definition) is 0. The van der Waals surface area contributed by atoms with Crippen LogP contribution in [0.25, 0.3) is 0 Å². The van der Waals surface area contributed by atoms with Crippen molar-refractivity contribution in [1.82, 2.24) is 0 Å². The fourth-order valence-electron chi connectivity index (χ4n) is 1.40. The molecule has 14 heavy (non-hydrogen) atoms. The molecule has 0 spiro atoms. The van der Waals surface area contributed by atoms with E-state index in [2.05, 4.69) is 38.2 Å². The SMILES string of the molecule is [CH2]CCC=CCCCCCCC=CC. The van der Waals surface area contributed by atoms with Crippen molar-refractivity contribution in [2.45, 2.75) is 58.3 Å². The molecule has 0 N–H and O–H groups in total. The van der Waals surface area contributed by atoms with Crippen molar-refractivity contribution in [3.05, 3.63) is 31.2 Å². The first-order valence-electron chi connectivity index (χ1n) is 5.97. The van der Waals surface area contributed by atoms with Gasteiger partial charge in [-0.1, -0.05) is 44.1 Å². The summed E-state index contributed by atoms with van der Waals surface area (Å²) in [6.07, 6.45) is 19.1. The molecule has 0 fully saturated rings. The molecule has 0 aromatic carbocycles. The van der Waals surface area contributed by atoms with Gasteiger partial charge >= 0.3 is 0 Å². The van der Waals surface area contributed by atoms with Gasteiger partial charge < -0.3 is 0 Å². The van der Waals surface area contributed by atoms with Crippen LogP contribution in [0.4, 0.5) is 0 Å². The molecule has 0 saturated carbocycles. The summed E-state index contributed by atoms with van der Waals surface area (Å²) in [5, 5.41) is 0. The van der Waals surface area contributed by atoms with Gasteiger partial charge in [0.1, 0.15) is 0 Å². The van der Waals surface area contributed by atoms with Crippen molar-refractivity contribution in [2.24, 2.45) is 0 Å². The Kier molecular flexibility index (Phi) is 12.0. The summed E-state index contributed by atoms with van der Waals surface area (Å²) in [7, 11) is 0. The Morgan fingerprint density at radius 1 is 0.786 bits per heavy atom. The van der Waals surface area contributed by atoms with Crippen molar-refractivity contribution in [1.29, 1.82) is 0 Å². The van der Waals surface area contributed by atoms with E-state index in [0.29, 0.717) is 0 Å². The van der Waals surface area contributed by atoms with Crippen LogP contribution in [0.1, 0.15) is 58.3 Å². The maximum absolute atomic E-state index is 3.80. The smallest absolute Gasteiger partial charge is 0.0351 e. The molecule has 0 nitrogen and oxygen atoms in total. The van der Waals surface area contributed by atoms with Crippen molar-refractivity contribution >= 4 is 0 Å². The van der Waals surface area contributed by atoms with Crippen molar-refractivity contribution in [3.63, 3.8) is 0 Å². The molecule has 0 aliphatic carbocycles. The van der Waals surface area contributed by atoms with Crippen LogP contribution >= 0.6 is 0 Å². The second-order valence-electron chi connectivity index (χ2n) is 3.67. The molecule has 0 aromatic rings. The van der Waals surface area contributed by atoms with Crippen molar-refractivity contribution < 1.29 is 0 Å². The molecule has 0 unspecified atom stereocenters. The molecular formula is C14H25. The lowest BCUT2D eigenvalue weighted by atomic mass is 10.1. The van der Waals surface area contributed by atoms with Gasteiger partial charge in [-0.05, 0) is 45.4 Å².